The smallest absolute Gasteiger partial charge is 0.220 e. The predicted octanol–water partition coefficient (Wildman–Crippen LogP) is 1.25. The number of likely N-dealkylation sites (tertiary alicyclic amines) is 1. The fraction of sp³-hybridized carbons (Fsp3) is 0.800. The highest BCUT2D eigenvalue weighted by Gasteiger charge is 2.16. The van der Waals surface area contributed by atoms with Crippen molar-refractivity contribution >= 4 is 18.2 Å². The van der Waals surface area contributed by atoms with E-state index in [2.05, 4.69) is 22.1 Å². The van der Waals surface area contributed by atoms with Crippen LogP contribution in [0.2, 0.25) is 0 Å². The minimum absolute atomic E-state index is 0.498. The Kier molecular flexibility index (Phi) is 3.60. The molecule has 0 bridgehead atoms. The Morgan fingerprint density at radius 3 is 2.75 bits per heavy atom. The van der Waals surface area contributed by atoms with E-state index in [9.17, 15) is 0 Å². The molecule has 0 spiro atoms. The van der Waals surface area contributed by atoms with Gasteiger partial charge in [0.15, 0.2) is 4.77 Å². The van der Waals surface area contributed by atoms with Gasteiger partial charge in [0.1, 0.15) is 0 Å². The van der Waals surface area contributed by atoms with Gasteiger partial charge in [-0.25, -0.2) is 5.10 Å². The molecule has 1 aliphatic rings. The van der Waals surface area contributed by atoms with Crippen LogP contribution in [-0.4, -0.2) is 39.8 Å². The Balaban J connectivity index is 1.86. The van der Waals surface area contributed by atoms with Crippen LogP contribution >= 0.6 is 12.2 Å². The number of nitrogens with zero attached hydrogens (tertiary/aromatic N) is 3. The Morgan fingerprint density at radius 2 is 2.19 bits per heavy atom. The van der Waals surface area contributed by atoms with E-state index >= 15 is 0 Å². The zero-order chi connectivity index (χ0) is 11.5. The van der Waals surface area contributed by atoms with Gasteiger partial charge >= 0.3 is 0 Å². The van der Waals surface area contributed by atoms with E-state index in [0.29, 0.717) is 10.7 Å². The molecule has 0 unspecified atom stereocenters. The molecule has 0 aliphatic carbocycles. The fourth-order valence-corrected chi connectivity index (χ4v) is 2.44. The minimum Gasteiger partial charge on any atom is -0.368 e. The molecule has 0 saturated carbocycles. The van der Waals surface area contributed by atoms with Gasteiger partial charge in [-0.15, -0.1) is 5.10 Å². The molecule has 3 N–H and O–H groups in total. The van der Waals surface area contributed by atoms with Crippen molar-refractivity contribution in [2.45, 2.75) is 25.8 Å². The lowest BCUT2D eigenvalue weighted by molar-refractivity contribution is 0.208. The van der Waals surface area contributed by atoms with Crippen molar-refractivity contribution in [2.24, 2.45) is 5.92 Å². The molecular formula is C10H19N5S. The number of hydrogen-bond acceptors (Lipinski definition) is 4. The van der Waals surface area contributed by atoms with Crippen molar-refractivity contribution < 1.29 is 0 Å². The van der Waals surface area contributed by atoms with Gasteiger partial charge in [0.25, 0.3) is 0 Å². The van der Waals surface area contributed by atoms with Crippen molar-refractivity contribution in [1.82, 2.24) is 19.7 Å². The number of aromatic nitrogens is 3. The zero-order valence-electron chi connectivity index (χ0n) is 9.65. The van der Waals surface area contributed by atoms with Crippen LogP contribution in [0.1, 0.15) is 19.3 Å². The summed E-state index contributed by atoms with van der Waals surface area (Å²) >= 11 is 5.12. The minimum atomic E-state index is 0.498. The van der Waals surface area contributed by atoms with Crippen LogP contribution in [0.15, 0.2) is 0 Å². The van der Waals surface area contributed by atoms with Gasteiger partial charge in [-0.2, -0.15) is 0 Å². The molecule has 2 rings (SSSR count). The molecule has 16 heavy (non-hydrogen) atoms. The van der Waals surface area contributed by atoms with Gasteiger partial charge in [0, 0.05) is 6.54 Å². The van der Waals surface area contributed by atoms with Crippen LogP contribution in [-0.2, 0) is 6.54 Å². The van der Waals surface area contributed by atoms with E-state index in [4.69, 9.17) is 18.0 Å². The molecule has 0 amide bonds. The summed E-state index contributed by atoms with van der Waals surface area (Å²) in [5, 5.41) is 6.62. The standard InChI is InChI=1S/C10H19N5S/c1-14-5-2-8(3-6-14)4-7-15-9(11)12-13-10(15)16/h8H,2-7H2,1H3,(H2,11,12)(H,13,16). The molecule has 2 heterocycles. The number of nitrogens with one attached hydrogen (secondary N) is 1. The average Bonchev–Trinajstić information content (AvgIpc) is 2.59. The van der Waals surface area contributed by atoms with Crippen LogP contribution in [0.25, 0.3) is 0 Å². The van der Waals surface area contributed by atoms with Gasteiger partial charge in [-0.3, -0.25) is 4.57 Å². The van der Waals surface area contributed by atoms with Gasteiger partial charge < -0.3 is 10.6 Å². The Labute approximate surface area is 101 Å². The molecule has 1 aromatic heterocycles. The third-order valence-electron chi connectivity index (χ3n) is 3.39. The lowest BCUT2D eigenvalue weighted by atomic mass is 9.94. The summed E-state index contributed by atoms with van der Waals surface area (Å²) in [5.74, 6) is 1.30. The van der Waals surface area contributed by atoms with Crippen LogP contribution in [0.3, 0.4) is 0 Å². The number of nitrogens with two attached hydrogens (primary N) is 1. The lowest BCUT2D eigenvalue weighted by Gasteiger charge is -2.28. The second-order valence-corrected chi connectivity index (χ2v) is 4.96. The summed E-state index contributed by atoms with van der Waals surface area (Å²) in [6.45, 7) is 3.30. The molecule has 0 aromatic carbocycles. The van der Waals surface area contributed by atoms with Crippen molar-refractivity contribution in [3.8, 4) is 0 Å². The molecule has 1 aliphatic heterocycles. The fourth-order valence-electron chi connectivity index (χ4n) is 2.21. The first-order chi connectivity index (χ1) is 7.66. The first-order valence-electron chi connectivity index (χ1n) is 5.76. The first kappa shape index (κ1) is 11.6. The third kappa shape index (κ3) is 2.62. The number of aromatic amines is 1. The Morgan fingerprint density at radius 1 is 1.50 bits per heavy atom. The molecule has 1 aromatic rings. The van der Waals surface area contributed by atoms with Crippen LogP contribution in [0.5, 0.6) is 0 Å². The average molecular weight is 241 g/mol. The van der Waals surface area contributed by atoms with E-state index < -0.39 is 0 Å². The summed E-state index contributed by atoms with van der Waals surface area (Å²) < 4.78 is 2.51. The summed E-state index contributed by atoms with van der Waals surface area (Å²) in [6.07, 6.45) is 3.70. The third-order valence-corrected chi connectivity index (χ3v) is 3.70. The van der Waals surface area contributed by atoms with Gasteiger partial charge in [-0.05, 0) is 57.5 Å². The molecular weight excluding hydrogens is 222 g/mol. The van der Waals surface area contributed by atoms with Crippen molar-refractivity contribution in [3.63, 3.8) is 0 Å². The van der Waals surface area contributed by atoms with Crippen molar-refractivity contribution in [2.75, 3.05) is 25.9 Å². The summed E-state index contributed by atoms with van der Waals surface area (Å²) in [5.41, 5.74) is 5.72. The molecule has 1 fully saturated rings. The molecule has 0 atom stereocenters. The highest BCUT2D eigenvalue weighted by atomic mass is 32.1. The highest BCUT2D eigenvalue weighted by molar-refractivity contribution is 7.71. The van der Waals surface area contributed by atoms with Crippen LogP contribution in [0, 0.1) is 10.7 Å². The Hall–Kier alpha value is -0.880. The van der Waals surface area contributed by atoms with Gasteiger partial charge in [0.2, 0.25) is 5.95 Å². The number of anilines is 1. The quantitative estimate of drug-likeness (QED) is 0.782. The van der Waals surface area contributed by atoms with E-state index in [1.165, 1.54) is 25.9 Å². The molecule has 6 heteroatoms. The first-order valence-corrected chi connectivity index (χ1v) is 6.17. The number of nitrogen functional groups attached to an aromatic ring is 1. The summed E-state index contributed by atoms with van der Waals surface area (Å²) in [4.78, 5) is 2.38. The van der Waals surface area contributed by atoms with E-state index in [1.807, 2.05) is 4.57 Å². The monoisotopic (exact) mass is 241 g/mol. The predicted molar refractivity (Wildman–Crippen MR) is 66.7 cm³/mol. The maximum atomic E-state index is 5.72. The normalized spacial score (nSPS) is 19.1. The number of rotatable bonds is 3. The van der Waals surface area contributed by atoms with E-state index in [1.54, 1.807) is 0 Å². The zero-order valence-corrected chi connectivity index (χ0v) is 10.5. The summed E-state index contributed by atoms with van der Waals surface area (Å²) in [6, 6.07) is 0. The molecule has 1 saturated heterocycles. The SMILES string of the molecule is CN1CCC(CCn2c(N)n[nH]c2=S)CC1. The van der Waals surface area contributed by atoms with Crippen molar-refractivity contribution in [3.05, 3.63) is 4.77 Å². The molecule has 0 radical (unpaired) electrons. The summed E-state index contributed by atoms with van der Waals surface area (Å²) in [7, 11) is 2.18. The number of H-pyrrole nitrogens is 1. The van der Waals surface area contributed by atoms with E-state index in [0.717, 1.165) is 18.9 Å². The van der Waals surface area contributed by atoms with Crippen LogP contribution in [0.4, 0.5) is 5.95 Å². The van der Waals surface area contributed by atoms with Crippen LogP contribution < -0.4 is 5.73 Å². The maximum absolute atomic E-state index is 5.72. The number of piperidine rings is 1. The lowest BCUT2D eigenvalue weighted by Crippen LogP contribution is -2.30. The van der Waals surface area contributed by atoms with Gasteiger partial charge in [-0.1, -0.05) is 0 Å². The second-order valence-electron chi connectivity index (χ2n) is 4.57. The Bertz CT molecular complexity index is 388. The molecule has 5 nitrogen and oxygen atoms in total. The largest absolute Gasteiger partial charge is 0.368 e. The highest BCUT2D eigenvalue weighted by Crippen LogP contribution is 2.20. The van der Waals surface area contributed by atoms with Crippen molar-refractivity contribution in [1.29, 1.82) is 0 Å². The van der Waals surface area contributed by atoms with E-state index in [-0.39, 0.29) is 0 Å². The number of hydrogen-bond donors (Lipinski definition) is 2. The topological polar surface area (TPSA) is 62.9 Å². The molecule has 90 valence electrons. The van der Waals surface area contributed by atoms with Gasteiger partial charge in [0.05, 0.1) is 0 Å². The maximum Gasteiger partial charge on any atom is 0.220 e. The second kappa shape index (κ2) is 4.97.